The summed E-state index contributed by atoms with van der Waals surface area (Å²) < 4.78 is 0. The zero-order valence-corrected chi connectivity index (χ0v) is 8.11. The smallest absolute Gasteiger partial charge is 0.0791 e. The number of hydrogen-bond donors (Lipinski definition) is 0. The molecule has 1 radical (unpaired) electrons. The molecule has 0 fully saturated rings. The van der Waals surface area contributed by atoms with E-state index in [0.717, 1.165) is 0 Å². The topological polar surface area (TPSA) is 0 Å². The van der Waals surface area contributed by atoms with Gasteiger partial charge in [-0.15, -0.1) is 12.4 Å². The molecule has 55 valence electrons. The zero-order chi connectivity index (χ0) is 6.69. The first-order chi connectivity index (χ1) is 4.30. The van der Waals surface area contributed by atoms with Crippen molar-refractivity contribution in [2.24, 2.45) is 0 Å². The maximum atomic E-state index is 2.31. The van der Waals surface area contributed by atoms with E-state index in [0.29, 0.717) is 0 Å². The first-order valence-corrected chi connectivity index (χ1v) is 5.66. The second-order valence-corrected chi connectivity index (χ2v) is 4.94. The average Bonchev–Trinajstić information content (AvgIpc) is 1.90. The molecular weight excluding hydrogens is 160 g/mol. The van der Waals surface area contributed by atoms with Gasteiger partial charge in [-0.1, -0.05) is 48.6 Å². The zero-order valence-electron chi connectivity index (χ0n) is 6.29. The highest BCUT2D eigenvalue weighted by atomic mass is 35.5. The van der Waals surface area contributed by atoms with Gasteiger partial charge in [0.15, 0.2) is 0 Å². The van der Waals surface area contributed by atoms with Crippen molar-refractivity contribution < 1.29 is 0 Å². The summed E-state index contributed by atoms with van der Waals surface area (Å²) in [6.07, 6.45) is 0. The van der Waals surface area contributed by atoms with E-state index in [9.17, 15) is 0 Å². The predicted octanol–water partition coefficient (Wildman–Crippen LogP) is 2.07. The lowest BCUT2D eigenvalue weighted by Gasteiger charge is -1.99. The minimum Gasteiger partial charge on any atom is -0.147 e. The fourth-order valence-corrected chi connectivity index (χ4v) is 1.63. The largest absolute Gasteiger partial charge is 0.147 e. The van der Waals surface area contributed by atoms with E-state index in [1.807, 2.05) is 0 Å². The molecule has 0 spiro atoms. The number of hydrogen-bond acceptors (Lipinski definition) is 0. The maximum Gasteiger partial charge on any atom is 0.0791 e. The highest BCUT2D eigenvalue weighted by Crippen LogP contribution is 1.85. The Labute approximate surface area is 70.3 Å². The molecule has 0 aliphatic heterocycles. The Morgan fingerprint density at radius 2 is 1.50 bits per heavy atom. The van der Waals surface area contributed by atoms with Crippen molar-refractivity contribution in [1.29, 1.82) is 0 Å². The SMILES string of the molecule is C[Si](C)c1ccccc1.Cl. The lowest BCUT2D eigenvalue weighted by molar-refractivity contribution is 1.74. The van der Waals surface area contributed by atoms with Crippen LogP contribution in [0.5, 0.6) is 0 Å². The van der Waals surface area contributed by atoms with E-state index in [1.165, 1.54) is 5.19 Å². The standard InChI is InChI=1S/C8H11Si.ClH/c1-9(2)8-6-4-3-5-7-8;/h3-7H,1-2H3;1H. The molecular formula is C8H12ClSi. The summed E-state index contributed by atoms with van der Waals surface area (Å²) in [6.45, 7) is 4.61. The Bertz CT molecular complexity index is 172. The quantitative estimate of drug-likeness (QED) is 0.568. The molecule has 0 nitrogen and oxygen atoms in total. The molecule has 0 amide bonds. The summed E-state index contributed by atoms with van der Waals surface area (Å²) in [5, 5.41) is 1.52. The van der Waals surface area contributed by atoms with E-state index < -0.39 is 0 Å². The summed E-state index contributed by atoms with van der Waals surface area (Å²) in [5.74, 6) is 0. The van der Waals surface area contributed by atoms with Crippen LogP contribution in [0.25, 0.3) is 0 Å². The molecule has 0 aromatic heterocycles. The minimum absolute atomic E-state index is 0. The van der Waals surface area contributed by atoms with Gasteiger partial charge in [-0.3, -0.25) is 0 Å². The van der Waals surface area contributed by atoms with Gasteiger partial charge in [0, 0.05) is 0 Å². The van der Waals surface area contributed by atoms with Crippen LogP contribution in [0.1, 0.15) is 0 Å². The lowest BCUT2D eigenvalue weighted by Crippen LogP contribution is -2.21. The number of rotatable bonds is 1. The third-order valence-corrected chi connectivity index (χ3v) is 2.84. The molecule has 0 atom stereocenters. The molecule has 0 unspecified atom stereocenters. The summed E-state index contributed by atoms with van der Waals surface area (Å²) >= 11 is 0. The first kappa shape index (κ1) is 9.73. The van der Waals surface area contributed by atoms with Crippen LogP contribution in [0.2, 0.25) is 13.1 Å². The molecule has 1 rings (SSSR count). The lowest BCUT2D eigenvalue weighted by atomic mass is 10.4. The van der Waals surface area contributed by atoms with E-state index in [-0.39, 0.29) is 21.2 Å². The van der Waals surface area contributed by atoms with Gasteiger partial charge >= 0.3 is 0 Å². The van der Waals surface area contributed by atoms with Gasteiger partial charge < -0.3 is 0 Å². The Morgan fingerprint density at radius 3 is 1.80 bits per heavy atom. The van der Waals surface area contributed by atoms with Crippen LogP contribution in [0.4, 0.5) is 0 Å². The van der Waals surface area contributed by atoms with Crippen LogP contribution in [0, 0.1) is 0 Å². The first-order valence-electron chi connectivity index (χ1n) is 3.16. The van der Waals surface area contributed by atoms with Crippen molar-refractivity contribution in [2.75, 3.05) is 0 Å². The van der Waals surface area contributed by atoms with Crippen molar-refractivity contribution in [3.05, 3.63) is 30.3 Å². The number of benzene rings is 1. The molecule has 0 bridgehead atoms. The van der Waals surface area contributed by atoms with Crippen molar-refractivity contribution in [1.82, 2.24) is 0 Å². The Morgan fingerprint density at radius 1 is 1.00 bits per heavy atom. The van der Waals surface area contributed by atoms with Crippen LogP contribution >= 0.6 is 12.4 Å². The summed E-state index contributed by atoms with van der Waals surface area (Å²) in [4.78, 5) is 0. The Balaban J connectivity index is 0.000000810. The van der Waals surface area contributed by atoms with E-state index >= 15 is 0 Å². The number of halogens is 1. The second kappa shape index (κ2) is 4.53. The summed E-state index contributed by atoms with van der Waals surface area (Å²) in [5.41, 5.74) is 0. The molecule has 1 aromatic rings. The molecule has 0 saturated carbocycles. The van der Waals surface area contributed by atoms with Crippen molar-refractivity contribution in [2.45, 2.75) is 13.1 Å². The van der Waals surface area contributed by atoms with Gasteiger partial charge in [0.2, 0.25) is 0 Å². The molecule has 2 heteroatoms. The predicted molar refractivity (Wildman–Crippen MR) is 50.8 cm³/mol. The second-order valence-electron chi connectivity index (χ2n) is 2.37. The van der Waals surface area contributed by atoms with Crippen LogP contribution in [-0.4, -0.2) is 8.80 Å². The fraction of sp³-hybridized carbons (Fsp3) is 0.250. The van der Waals surface area contributed by atoms with Crippen molar-refractivity contribution in [3.8, 4) is 0 Å². The van der Waals surface area contributed by atoms with Gasteiger partial charge in [-0.2, -0.15) is 0 Å². The van der Waals surface area contributed by atoms with Crippen LogP contribution in [0.15, 0.2) is 30.3 Å². The molecule has 0 saturated heterocycles. The monoisotopic (exact) mass is 171 g/mol. The van der Waals surface area contributed by atoms with Crippen LogP contribution < -0.4 is 5.19 Å². The summed E-state index contributed by atoms with van der Waals surface area (Å²) in [6, 6.07) is 10.7. The van der Waals surface area contributed by atoms with Gasteiger partial charge in [0.05, 0.1) is 8.80 Å². The highest BCUT2D eigenvalue weighted by molar-refractivity contribution is 6.70. The summed E-state index contributed by atoms with van der Waals surface area (Å²) in [7, 11) is -0.212. The van der Waals surface area contributed by atoms with E-state index in [4.69, 9.17) is 0 Å². The van der Waals surface area contributed by atoms with E-state index in [2.05, 4.69) is 43.4 Å². The Hall–Kier alpha value is -0.273. The van der Waals surface area contributed by atoms with Gasteiger partial charge in [0.1, 0.15) is 0 Å². The third kappa shape index (κ3) is 2.54. The molecule has 0 aliphatic rings. The van der Waals surface area contributed by atoms with Crippen LogP contribution in [-0.2, 0) is 0 Å². The maximum absolute atomic E-state index is 2.31. The van der Waals surface area contributed by atoms with Gasteiger partial charge in [0.25, 0.3) is 0 Å². The average molecular weight is 172 g/mol. The van der Waals surface area contributed by atoms with Crippen molar-refractivity contribution in [3.63, 3.8) is 0 Å². The Kier molecular flexibility index (Phi) is 4.40. The van der Waals surface area contributed by atoms with Gasteiger partial charge in [-0.25, -0.2) is 0 Å². The molecule has 10 heavy (non-hydrogen) atoms. The minimum atomic E-state index is -0.212. The molecule has 0 heterocycles. The fourth-order valence-electron chi connectivity index (χ4n) is 0.771. The van der Waals surface area contributed by atoms with Crippen LogP contribution in [0.3, 0.4) is 0 Å². The normalized spacial score (nSPS) is 9.10. The molecule has 0 aliphatic carbocycles. The van der Waals surface area contributed by atoms with Crippen molar-refractivity contribution >= 4 is 26.4 Å². The molecule has 0 N–H and O–H groups in total. The van der Waals surface area contributed by atoms with E-state index in [1.54, 1.807) is 0 Å². The third-order valence-electron chi connectivity index (χ3n) is 1.35. The van der Waals surface area contributed by atoms with Gasteiger partial charge in [-0.05, 0) is 0 Å². The molecule has 1 aromatic carbocycles. The highest BCUT2D eigenvalue weighted by Gasteiger charge is 1.95.